The van der Waals surface area contributed by atoms with Gasteiger partial charge in [-0.05, 0) is 18.6 Å². The number of hydrogen-bond acceptors (Lipinski definition) is 2. The highest BCUT2D eigenvalue weighted by atomic mass is 19.1. The van der Waals surface area contributed by atoms with Gasteiger partial charge in [0.2, 0.25) is 0 Å². The van der Waals surface area contributed by atoms with E-state index in [1.165, 1.54) is 13.0 Å². The standard InChI is InChI=1S/C11H10FNO/c1-8(14)6-9-2-3-10(4-5-13)11(12)7-9/h2-3,7H,4,6H2,1H3. The summed E-state index contributed by atoms with van der Waals surface area (Å²) in [5, 5.41) is 8.39. The van der Waals surface area contributed by atoms with E-state index in [2.05, 4.69) is 0 Å². The summed E-state index contributed by atoms with van der Waals surface area (Å²) in [4.78, 5) is 10.8. The van der Waals surface area contributed by atoms with E-state index in [9.17, 15) is 9.18 Å². The predicted molar refractivity (Wildman–Crippen MR) is 50.1 cm³/mol. The van der Waals surface area contributed by atoms with Crippen LogP contribution in [-0.2, 0) is 17.6 Å². The van der Waals surface area contributed by atoms with Crippen molar-refractivity contribution in [2.45, 2.75) is 19.8 Å². The summed E-state index contributed by atoms with van der Waals surface area (Å²) in [5.74, 6) is -0.414. The topological polar surface area (TPSA) is 40.9 Å². The number of carbonyl (C=O) groups excluding carboxylic acids is 1. The lowest BCUT2D eigenvalue weighted by atomic mass is 10.1. The third kappa shape index (κ3) is 2.67. The maximum absolute atomic E-state index is 13.2. The number of carbonyl (C=O) groups is 1. The summed E-state index contributed by atoms with van der Waals surface area (Å²) in [5.41, 5.74) is 1.02. The number of benzene rings is 1. The van der Waals surface area contributed by atoms with Gasteiger partial charge in [0.25, 0.3) is 0 Å². The number of rotatable bonds is 3. The summed E-state index contributed by atoms with van der Waals surface area (Å²) >= 11 is 0. The van der Waals surface area contributed by atoms with Crippen LogP contribution in [0.25, 0.3) is 0 Å². The summed E-state index contributed by atoms with van der Waals surface area (Å²) in [6.45, 7) is 1.46. The Bertz CT molecular complexity index is 393. The molecule has 0 fully saturated rings. The quantitative estimate of drug-likeness (QED) is 0.733. The van der Waals surface area contributed by atoms with Crippen molar-refractivity contribution in [3.63, 3.8) is 0 Å². The minimum Gasteiger partial charge on any atom is -0.300 e. The molecule has 1 aromatic carbocycles. The average molecular weight is 191 g/mol. The fraction of sp³-hybridized carbons (Fsp3) is 0.273. The number of nitriles is 1. The average Bonchev–Trinajstić information content (AvgIpc) is 2.09. The summed E-state index contributed by atoms with van der Waals surface area (Å²) in [6.07, 6.45) is 0.302. The van der Waals surface area contributed by atoms with Gasteiger partial charge < -0.3 is 0 Å². The molecule has 0 aromatic heterocycles. The van der Waals surface area contributed by atoms with Crippen LogP contribution in [0.15, 0.2) is 18.2 Å². The van der Waals surface area contributed by atoms with Crippen molar-refractivity contribution >= 4 is 5.78 Å². The van der Waals surface area contributed by atoms with Crippen molar-refractivity contribution in [2.75, 3.05) is 0 Å². The molecular weight excluding hydrogens is 181 g/mol. The Morgan fingerprint density at radius 3 is 2.79 bits per heavy atom. The molecule has 0 bridgehead atoms. The zero-order valence-corrected chi connectivity index (χ0v) is 7.88. The molecule has 0 amide bonds. The van der Waals surface area contributed by atoms with Gasteiger partial charge in [0.1, 0.15) is 11.6 Å². The van der Waals surface area contributed by atoms with Crippen LogP contribution in [0.1, 0.15) is 18.1 Å². The molecule has 0 spiro atoms. The SMILES string of the molecule is CC(=O)Cc1ccc(CC#N)c(F)c1. The Hall–Kier alpha value is -1.69. The van der Waals surface area contributed by atoms with Crippen LogP contribution in [0.2, 0.25) is 0 Å². The lowest BCUT2D eigenvalue weighted by Gasteiger charge is -2.01. The smallest absolute Gasteiger partial charge is 0.134 e. The lowest BCUT2D eigenvalue weighted by molar-refractivity contribution is -0.116. The molecule has 0 N–H and O–H groups in total. The predicted octanol–water partition coefficient (Wildman–Crippen LogP) is 2.02. The molecule has 0 heterocycles. The molecule has 14 heavy (non-hydrogen) atoms. The largest absolute Gasteiger partial charge is 0.300 e. The van der Waals surface area contributed by atoms with Gasteiger partial charge in [0.15, 0.2) is 0 Å². The zero-order chi connectivity index (χ0) is 10.6. The minimum atomic E-state index is -0.412. The molecular formula is C11H10FNO. The van der Waals surface area contributed by atoms with Crippen LogP contribution in [0, 0.1) is 17.1 Å². The van der Waals surface area contributed by atoms with Gasteiger partial charge in [0, 0.05) is 12.0 Å². The van der Waals surface area contributed by atoms with E-state index in [1.54, 1.807) is 12.1 Å². The second-order valence-corrected chi connectivity index (χ2v) is 3.14. The number of nitrogens with zero attached hydrogens (tertiary/aromatic N) is 1. The van der Waals surface area contributed by atoms with Crippen molar-refractivity contribution in [3.8, 4) is 6.07 Å². The first-order valence-electron chi connectivity index (χ1n) is 4.27. The third-order valence-corrected chi connectivity index (χ3v) is 1.84. The number of hydrogen-bond donors (Lipinski definition) is 0. The monoisotopic (exact) mass is 191 g/mol. The van der Waals surface area contributed by atoms with Gasteiger partial charge in [-0.1, -0.05) is 12.1 Å². The molecule has 0 saturated carbocycles. The Kier molecular flexibility index (Phi) is 3.35. The molecule has 0 radical (unpaired) electrons. The van der Waals surface area contributed by atoms with Crippen LogP contribution >= 0.6 is 0 Å². The van der Waals surface area contributed by atoms with Gasteiger partial charge in [-0.15, -0.1) is 0 Å². The van der Waals surface area contributed by atoms with E-state index in [-0.39, 0.29) is 18.6 Å². The Balaban J connectivity index is 2.90. The normalized spacial score (nSPS) is 9.50. The second-order valence-electron chi connectivity index (χ2n) is 3.14. The molecule has 3 heteroatoms. The Morgan fingerprint density at radius 2 is 2.29 bits per heavy atom. The van der Waals surface area contributed by atoms with Crippen molar-refractivity contribution in [1.29, 1.82) is 5.26 Å². The molecule has 1 aromatic rings. The van der Waals surface area contributed by atoms with Gasteiger partial charge >= 0.3 is 0 Å². The van der Waals surface area contributed by atoms with E-state index >= 15 is 0 Å². The van der Waals surface area contributed by atoms with E-state index in [0.29, 0.717) is 11.1 Å². The number of halogens is 1. The van der Waals surface area contributed by atoms with Gasteiger partial charge in [-0.25, -0.2) is 4.39 Å². The molecule has 1 rings (SSSR count). The third-order valence-electron chi connectivity index (χ3n) is 1.84. The zero-order valence-electron chi connectivity index (χ0n) is 7.88. The highest BCUT2D eigenvalue weighted by Crippen LogP contribution is 2.11. The van der Waals surface area contributed by atoms with Gasteiger partial charge in [-0.2, -0.15) is 5.26 Å². The first-order chi connectivity index (χ1) is 6.63. The molecule has 0 unspecified atom stereocenters. The molecule has 0 aliphatic carbocycles. The number of ketones is 1. The molecule has 0 saturated heterocycles. The Labute approximate surface area is 82.0 Å². The summed E-state index contributed by atoms with van der Waals surface area (Å²) in [7, 11) is 0. The van der Waals surface area contributed by atoms with E-state index in [0.717, 1.165) is 0 Å². The van der Waals surface area contributed by atoms with Crippen molar-refractivity contribution in [2.24, 2.45) is 0 Å². The fourth-order valence-electron chi connectivity index (χ4n) is 1.22. The van der Waals surface area contributed by atoms with E-state index in [4.69, 9.17) is 5.26 Å². The van der Waals surface area contributed by atoms with Crippen molar-refractivity contribution in [3.05, 3.63) is 35.1 Å². The summed E-state index contributed by atoms with van der Waals surface area (Å²) < 4.78 is 13.2. The molecule has 0 atom stereocenters. The molecule has 0 aliphatic heterocycles. The maximum atomic E-state index is 13.2. The second kappa shape index (κ2) is 4.52. The molecule has 0 aliphatic rings. The van der Waals surface area contributed by atoms with E-state index < -0.39 is 5.82 Å². The number of Topliss-reactive ketones (excluding diaryl/α,β-unsaturated/α-hetero) is 1. The van der Waals surface area contributed by atoms with Gasteiger partial charge in [-0.3, -0.25) is 4.79 Å². The van der Waals surface area contributed by atoms with Crippen molar-refractivity contribution in [1.82, 2.24) is 0 Å². The van der Waals surface area contributed by atoms with Crippen LogP contribution in [0.3, 0.4) is 0 Å². The highest BCUT2D eigenvalue weighted by Gasteiger charge is 2.04. The first-order valence-corrected chi connectivity index (χ1v) is 4.27. The van der Waals surface area contributed by atoms with Crippen LogP contribution in [0.4, 0.5) is 4.39 Å². The van der Waals surface area contributed by atoms with Gasteiger partial charge in [0.05, 0.1) is 12.5 Å². The van der Waals surface area contributed by atoms with Crippen LogP contribution in [0.5, 0.6) is 0 Å². The van der Waals surface area contributed by atoms with Crippen molar-refractivity contribution < 1.29 is 9.18 Å². The molecule has 72 valence electrons. The molecule has 2 nitrogen and oxygen atoms in total. The summed E-state index contributed by atoms with van der Waals surface area (Å²) in [6, 6.07) is 6.42. The lowest BCUT2D eigenvalue weighted by Crippen LogP contribution is -1.98. The Morgan fingerprint density at radius 1 is 1.57 bits per heavy atom. The van der Waals surface area contributed by atoms with Crippen LogP contribution < -0.4 is 0 Å². The first kappa shape index (κ1) is 10.4. The maximum Gasteiger partial charge on any atom is 0.134 e. The minimum absolute atomic E-state index is 0.00238. The van der Waals surface area contributed by atoms with Crippen LogP contribution in [-0.4, -0.2) is 5.78 Å². The fourth-order valence-corrected chi connectivity index (χ4v) is 1.22. The van der Waals surface area contributed by atoms with E-state index in [1.807, 2.05) is 6.07 Å². The highest BCUT2D eigenvalue weighted by molar-refractivity contribution is 5.78.